The Labute approximate surface area is 90.5 Å². The number of oxazole rings is 1. The number of rotatable bonds is 3. The number of likely N-dealkylation sites (tertiary alicyclic amines) is 1. The molecule has 0 bridgehead atoms. The van der Waals surface area contributed by atoms with E-state index in [9.17, 15) is 0 Å². The molecule has 0 aliphatic carbocycles. The lowest BCUT2D eigenvalue weighted by atomic mass is 10.1. The Morgan fingerprint density at radius 3 is 3.00 bits per heavy atom. The van der Waals surface area contributed by atoms with Gasteiger partial charge in [0.2, 0.25) is 0 Å². The molecule has 1 aromatic rings. The molecule has 2 rings (SSSR count). The first-order valence-corrected chi connectivity index (χ1v) is 5.59. The highest BCUT2D eigenvalue weighted by atomic mass is 16.4. The first kappa shape index (κ1) is 10.6. The van der Waals surface area contributed by atoms with Gasteiger partial charge in [0.25, 0.3) is 0 Å². The van der Waals surface area contributed by atoms with Crippen LogP contribution in [0, 0.1) is 6.92 Å². The lowest BCUT2D eigenvalue weighted by Gasteiger charge is -2.17. The summed E-state index contributed by atoms with van der Waals surface area (Å²) in [5.41, 5.74) is 6.60. The number of hydrogen-bond donors (Lipinski definition) is 1. The van der Waals surface area contributed by atoms with Crippen LogP contribution in [0.15, 0.2) is 4.42 Å². The van der Waals surface area contributed by atoms with Crippen LogP contribution in [0.1, 0.15) is 36.2 Å². The van der Waals surface area contributed by atoms with E-state index in [0.29, 0.717) is 12.6 Å². The molecule has 2 N–H and O–H groups in total. The summed E-state index contributed by atoms with van der Waals surface area (Å²) in [6.07, 6.45) is 3.17. The van der Waals surface area contributed by atoms with Gasteiger partial charge < -0.3 is 10.2 Å². The van der Waals surface area contributed by atoms with Crippen molar-refractivity contribution in [3.05, 3.63) is 17.3 Å². The second-order valence-corrected chi connectivity index (χ2v) is 4.23. The van der Waals surface area contributed by atoms with E-state index < -0.39 is 0 Å². The van der Waals surface area contributed by atoms with Crippen LogP contribution in [0.3, 0.4) is 0 Å². The Morgan fingerprint density at radius 1 is 1.60 bits per heavy atom. The van der Waals surface area contributed by atoms with Crippen molar-refractivity contribution in [1.82, 2.24) is 9.88 Å². The first-order chi connectivity index (χ1) is 7.22. The zero-order valence-corrected chi connectivity index (χ0v) is 9.49. The fraction of sp³-hybridized carbons (Fsp3) is 0.727. The molecule has 15 heavy (non-hydrogen) atoms. The summed E-state index contributed by atoms with van der Waals surface area (Å²) in [7, 11) is 2.15. The normalized spacial score (nSPS) is 22.5. The van der Waals surface area contributed by atoms with Gasteiger partial charge in [-0.25, -0.2) is 4.98 Å². The molecule has 1 fully saturated rings. The van der Waals surface area contributed by atoms with Gasteiger partial charge in [-0.15, -0.1) is 0 Å². The van der Waals surface area contributed by atoms with E-state index in [0.717, 1.165) is 30.3 Å². The fourth-order valence-corrected chi connectivity index (χ4v) is 2.26. The van der Waals surface area contributed by atoms with E-state index in [-0.39, 0.29) is 0 Å². The van der Waals surface area contributed by atoms with Crippen molar-refractivity contribution in [2.45, 2.75) is 32.2 Å². The largest absolute Gasteiger partial charge is 0.446 e. The molecule has 0 spiro atoms. The number of aryl methyl sites for hydroxylation is 1. The van der Waals surface area contributed by atoms with E-state index in [1.54, 1.807) is 0 Å². The summed E-state index contributed by atoms with van der Waals surface area (Å²) in [6.45, 7) is 3.75. The second kappa shape index (κ2) is 4.33. The SMILES string of the molecule is Cc1oc(CCN)nc1C1CCCN1C. The molecule has 0 amide bonds. The van der Waals surface area contributed by atoms with Crippen molar-refractivity contribution in [3.63, 3.8) is 0 Å². The summed E-state index contributed by atoms with van der Waals surface area (Å²) in [5.74, 6) is 1.74. The summed E-state index contributed by atoms with van der Waals surface area (Å²) >= 11 is 0. The van der Waals surface area contributed by atoms with E-state index in [1.807, 2.05) is 6.92 Å². The predicted molar refractivity (Wildman–Crippen MR) is 58.6 cm³/mol. The van der Waals surface area contributed by atoms with Crippen molar-refractivity contribution in [2.24, 2.45) is 5.73 Å². The zero-order valence-electron chi connectivity index (χ0n) is 9.49. The summed E-state index contributed by atoms with van der Waals surface area (Å²) in [5, 5.41) is 0. The van der Waals surface area contributed by atoms with Gasteiger partial charge in [0.1, 0.15) is 5.76 Å². The number of nitrogens with zero attached hydrogens (tertiary/aromatic N) is 2. The Balaban J connectivity index is 2.19. The topological polar surface area (TPSA) is 55.3 Å². The number of aromatic nitrogens is 1. The third-order valence-electron chi connectivity index (χ3n) is 3.07. The Hall–Kier alpha value is -0.870. The van der Waals surface area contributed by atoms with Gasteiger partial charge >= 0.3 is 0 Å². The lowest BCUT2D eigenvalue weighted by Crippen LogP contribution is -2.18. The molecule has 2 heterocycles. The molecular weight excluding hydrogens is 190 g/mol. The van der Waals surface area contributed by atoms with Crippen LogP contribution in [0.4, 0.5) is 0 Å². The molecular formula is C11H19N3O. The molecule has 1 saturated heterocycles. The summed E-state index contributed by atoms with van der Waals surface area (Å²) < 4.78 is 5.60. The molecule has 0 radical (unpaired) electrons. The summed E-state index contributed by atoms with van der Waals surface area (Å²) in [6, 6.07) is 0.445. The molecule has 4 nitrogen and oxygen atoms in total. The molecule has 1 aromatic heterocycles. The van der Waals surface area contributed by atoms with Crippen molar-refractivity contribution in [1.29, 1.82) is 0 Å². The van der Waals surface area contributed by atoms with E-state index in [1.165, 1.54) is 12.8 Å². The van der Waals surface area contributed by atoms with Crippen LogP contribution in [0.5, 0.6) is 0 Å². The molecule has 4 heteroatoms. The minimum Gasteiger partial charge on any atom is -0.446 e. The fourth-order valence-electron chi connectivity index (χ4n) is 2.26. The van der Waals surface area contributed by atoms with Gasteiger partial charge in [0.05, 0.1) is 11.7 Å². The van der Waals surface area contributed by atoms with Gasteiger partial charge in [-0.1, -0.05) is 0 Å². The van der Waals surface area contributed by atoms with Crippen molar-refractivity contribution < 1.29 is 4.42 Å². The van der Waals surface area contributed by atoms with E-state index in [2.05, 4.69) is 16.9 Å². The van der Waals surface area contributed by atoms with Crippen LogP contribution in [0.2, 0.25) is 0 Å². The Bertz CT molecular complexity index is 335. The zero-order chi connectivity index (χ0) is 10.8. The van der Waals surface area contributed by atoms with E-state index in [4.69, 9.17) is 10.2 Å². The average Bonchev–Trinajstić information content (AvgIpc) is 2.73. The third kappa shape index (κ3) is 2.06. The van der Waals surface area contributed by atoms with E-state index >= 15 is 0 Å². The molecule has 1 unspecified atom stereocenters. The maximum absolute atomic E-state index is 5.60. The Kier molecular flexibility index (Phi) is 3.07. The maximum Gasteiger partial charge on any atom is 0.195 e. The maximum atomic E-state index is 5.60. The molecule has 0 saturated carbocycles. The van der Waals surface area contributed by atoms with Crippen LogP contribution >= 0.6 is 0 Å². The molecule has 1 atom stereocenters. The van der Waals surface area contributed by atoms with Crippen molar-refractivity contribution in [3.8, 4) is 0 Å². The highest BCUT2D eigenvalue weighted by Crippen LogP contribution is 2.31. The van der Waals surface area contributed by atoms with Gasteiger partial charge in [-0.2, -0.15) is 0 Å². The van der Waals surface area contributed by atoms with Crippen LogP contribution in [-0.4, -0.2) is 30.0 Å². The molecule has 1 aliphatic rings. The first-order valence-electron chi connectivity index (χ1n) is 5.59. The number of nitrogens with two attached hydrogens (primary N) is 1. The quantitative estimate of drug-likeness (QED) is 0.814. The number of hydrogen-bond acceptors (Lipinski definition) is 4. The molecule has 84 valence electrons. The molecule has 1 aliphatic heterocycles. The monoisotopic (exact) mass is 209 g/mol. The average molecular weight is 209 g/mol. The van der Waals surface area contributed by atoms with Crippen molar-refractivity contribution >= 4 is 0 Å². The predicted octanol–water partition coefficient (Wildman–Crippen LogP) is 1.25. The van der Waals surface area contributed by atoms with Crippen molar-refractivity contribution in [2.75, 3.05) is 20.1 Å². The highest BCUT2D eigenvalue weighted by Gasteiger charge is 2.27. The summed E-state index contributed by atoms with van der Waals surface area (Å²) in [4.78, 5) is 6.89. The smallest absolute Gasteiger partial charge is 0.195 e. The second-order valence-electron chi connectivity index (χ2n) is 4.23. The minimum absolute atomic E-state index is 0.445. The standard InChI is InChI=1S/C11H19N3O/c1-8-11(9-4-3-7-14(9)2)13-10(15-8)5-6-12/h9H,3-7,12H2,1-2H3. The van der Waals surface area contributed by atoms with Crippen LogP contribution < -0.4 is 5.73 Å². The van der Waals surface area contributed by atoms with Gasteiger partial charge in [-0.05, 0) is 33.4 Å². The highest BCUT2D eigenvalue weighted by molar-refractivity contribution is 5.14. The van der Waals surface area contributed by atoms with Gasteiger partial charge in [-0.3, -0.25) is 4.90 Å². The lowest BCUT2D eigenvalue weighted by molar-refractivity contribution is 0.309. The van der Waals surface area contributed by atoms with Crippen LogP contribution in [-0.2, 0) is 6.42 Å². The Morgan fingerprint density at radius 2 is 2.40 bits per heavy atom. The van der Waals surface area contributed by atoms with Gasteiger partial charge in [0, 0.05) is 13.0 Å². The van der Waals surface area contributed by atoms with Gasteiger partial charge in [0.15, 0.2) is 5.89 Å². The third-order valence-corrected chi connectivity index (χ3v) is 3.07. The van der Waals surface area contributed by atoms with Crippen LogP contribution in [0.25, 0.3) is 0 Å². The minimum atomic E-state index is 0.445. The molecule has 0 aromatic carbocycles.